The molecule has 21 heavy (non-hydrogen) atoms. The number of methoxy groups -OCH3 is 1. The minimum atomic E-state index is -0.527. The molecule has 0 saturated carbocycles. The molecule has 1 aliphatic heterocycles. The van der Waals surface area contributed by atoms with Crippen molar-refractivity contribution in [2.24, 2.45) is 5.73 Å². The van der Waals surface area contributed by atoms with E-state index in [9.17, 15) is 4.79 Å². The number of fused-ring (bicyclic) bond motifs is 1. The summed E-state index contributed by atoms with van der Waals surface area (Å²) < 4.78 is 15.6. The average molecular weight is 317 g/mol. The number of nitrogens with two attached hydrogens (primary N) is 1. The smallest absolute Gasteiger partial charge is 0.239 e. The summed E-state index contributed by atoms with van der Waals surface area (Å²) in [5.41, 5.74) is 6.65. The molecule has 0 aromatic heterocycles. The summed E-state index contributed by atoms with van der Waals surface area (Å²) in [4.78, 5) is 13.8. The molecule has 1 amide bonds. The Morgan fingerprint density at radius 1 is 1.43 bits per heavy atom. The van der Waals surface area contributed by atoms with Crippen molar-refractivity contribution in [3.05, 3.63) is 23.8 Å². The molecule has 0 spiro atoms. The van der Waals surface area contributed by atoms with Crippen molar-refractivity contribution in [1.82, 2.24) is 4.90 Å². The molecule has 0 unspecified atom stereocenters. The minimum absolute atomic E-state index is 0. The number of hydrogen-bond acceptors (Lipinski definition) is 5. The van der Waals surface area contributed by atoms with Gasteiger partial charge in [0, 0.05) is 20.2 Å². The highest BCUT2D eigenvalue weighted by molar-refractivity contribution is 5.85. The van der Waals surface area contributed by atoms with E-state index in [1.165, 1.54) is 0 Å². The Labute approximate surface area is 130 Å². The van der Waals surface area contributed by atoms with E-state index in [2.05, 4.69) is 0 Å². The Hall–Kier alpha value is -1.50. The minimum Gasteiger partial charge on any atom is -0.454 e. The fourth-order valence-corrected chi connectivity index (χ4v) is 2.02. The van der Waals surface area contributed by atoms with Gasteiger partial charge in [0.15, 0.2) is 11.5 Å². The van der Waals surface area contributed by atoms with E-state index in [4.69, 9.17) is 19.9 Å². The van der Waals surface area contributed by atoms with Gasteiger partial charge in [-0.3, -0.25) is 4.79 Å². The summed E-state index contributed by atoms with van der Waals surface area (Å²) in [6.07, 6.45) is 0. The molecule has 0 aliphatic carbocycles. The molecule has 0 radical (unpaired) electrons. The van der Waals surface area contributed by atoms with Crippen molar-refractivity contribution in [3.8, 4) is 11.5 Å². The van der Waals surface area contributed by atoms with Crippen LogP contribution in [0.4, 0.5) is 0 Å². The predicted molar refractivity (Wildman–Crippen MR) is 80.8 cm³/mol. The molecule has 1 aromatic carbocycles. The Balaban J connectivity index is 0.00000220. The van der Waals surface area contributed by atoms with Crippen LogP contribution < -0.4 is 15.2 Å². The van der Waals surface area contributed by atoms with E-state index in [1.54, 1.807) is 18.9 Å². The molecule has 118 valence electrons. The second-order valence-corrected chi connectivity index (χ2v) is 4.73. The molecular formula is C14H21ClN2O4. The molecule has 1 heterocycles. The number of hydrogen-bond donors (Lipinski definition) is 1. The van der Waals surface area contributed by atoms with Gasteiger partial charge >= 0.3 is 0 Å². The van der Waals surface area contributed by atoms with Gasteiger partial charge < -0.3 is 24.8 Å². The number of carbonyl (C=O) groups is 1. The van der Waals surface area contributed by atoms with E-state index >= 15 is 0 Å². The maximum atomic E-state index is 12.1. The summed E-state index contributed by atoms with van der Waals surface area (Å²) in [5.74, 6) is 1.35. The van der Waals surface area contributed by atoms with Crippen molar-refractivity contribution in [1.29, 1.82) is 0 Å². The molecule has 6 nitrogen and oxygen atoms in total. The third-order valence-electron chi connectivity index (χ3n) is 3.08. The number of benzene rings is 1. The Bertz CT molecular complexity index is 482. The van der Waals surface area contributed by atoms with E-state index < -0.39 is 6.04 Å². The second kappa shape index (κ2) is 8.07. The number of amides is 1. The summed E-state index contributed by atoms with van der Waals surface area (Å²) in [6, 6.07) is 5.13. The maximum Gasteiger partial charge on any atom is 0.239 e. The van der Waals surface area contributed by atoms with Gasteiger partial charge in [0.2, 0.25) is 12.7 Å². The Morgan fingerprint density at radius 3 is 2.81 bits per heavy atom. The zero-order valence-electron chi connectivity index (χ0n) is 12.2. The van der Waals surface area contributed by atoms with Crippen molar-refractivity contribution >= 4 is 18.3 Å². The van der Waals surface area contributed by atoms with Gasteiger partial charge in [-0.1, -0.05) is 6.07 Å². The first-order valence-electron chi connectivity index (χ1n) is 6.53. The fourth-order valence-electron chi connectivity index (χ4n) is 2.02. The lowest BCUT2D eigenvalue weighted by Crippen LogP contribution is -2.43. The monoisotopic (exact) mass is 316 g/mol. The lowest BCUT2D eigenvalue weighted by Gasteiger charge is -2.24. The van der Waals surface area contributed by atoms with Crippen LogP contribution in [0.25, 0.3) is 0 Å². The van der Waals surface area contributed by atoms with Gasteiger partial charge in [0.1, 0.15) is 0 Å². The highest BCUT2D eigenvalue weighted by Gasteiger charge is 2.19. The van der Waals surface area contributed by atoms with Crippen molar-refractivity contribution in [2.75, 3.05) is 27.1 Å². The van der Waals surface area contributed by atoms with Crippen LogP contribution in [0.1, 0.15) is 12.5 Å². The first-order chi connectivity index (χ1) is 9.61. The van der Waals surface area contributed by atoms with Crippen LogP contribution in [0.3, 0.4) is 0 Å². The third-order valence-corrected chi connectivity index (χ3v) is 3.08. The molecule has 1 atom stereocenters. The van der Waals surface area contributed by atoms with Crippen LogP contribution in [0.5, 0.6) is 11.5 Å². The zero-order valence-corrected chi connectivity index (χ0v) is 13.0. The molecule has 0 fully saturated rings. The first-order valence-corrected chi connectivity index (χ1v) is 6.53. The second-order valence-electron chi connectivity index (χ2n) is 4.73. The van der Waals surface area contributed by atoms with E-state index in [1.807, 2.05) is 18.2 Å². The van der Waals surface area contributed by atoms with Gasteiger partial charge in [-0.2, -0.15) is 0 Å². The molecule has 7 heteroatoms. The van der Waals surface area contributed by atoms with Crippen LogP contribution in [0.2, 0.25) is 0 Å². The average Bonchev–Trinajstić information content (AvgIpc) is 2.89. The van der Waals surface area contributed by atoms with E-state index in [-0.39, 0.29) is 25.1 Å². The molecule has 2 rings (SSSR count). The van der Waals surface area contributed by atoms with Crippen molar-refractivity contribution in [2.45, 2.75) is 19.5 Å². The lowest BCUT2D eigenvalue weighted by atomic mass is 10.1. The van der Waals surface area contributed by atoms with Crippen molar-refractivity contribution < 1.29 is 19.0 Å². The Morgan fingerprint density at radius 2 is 2.14 bits per heavy atom. The molecule has 0 bridgehead atoms. The summed E-state index contributed by atoms with van der Waals surface area (Å²) >= 11 is 0. The fraction of sp³-hybridized carbons (Fsp3) is 0.500. The predicted octanol–water partition coefficient (Wildman–Crippen LogP) is 1.16. The summed E-state index contributed by atoms with van der Waals surface area (Å²) in [7, 11) is 1.61. The number of carbonyl (C=O) groups excluding carboxylic acids is 1. The van der Waals surface area contributed by atoms with Crippen LogP contribution >= 0.6 is 12.4 Å². The molecule has 1 aromatic rings. The van der Waals surface area contributed by atoms with Gasteiger partial charge in [0.25, 0.3) is 0 Å². The largest absolute Gasteiger partial charge is 0.454 e. The topological polar surface area (TPSA) is 74.0 Å². The maximum absolute atomic E-state index is 12.1. The summed E-state index contributed by atoms with van der Waals surface area (Å²) in [6.45, 7) is 3.38. The quantitative estimate of drug-likeness (QED) is 0.852. The summed E-state index contributed by atoms with van der Waals surface area (Å²) in [5, 5.41) is 0. The SMILES string of the molecule is COCCN(Cc1ccc2c(c1)OCO2)C(=O)[C@H](C)N.Cl. The molecule has 0 saturated heterocycles. The van der Waals surface area contributed by atoms with Gasteiger partial charge in [0.05, 0.1) is 12.6 Å². The lowest BCUT2D eigenvalue weighted by molar-refractivity contribution is -0.133. The third kappa shape index (κ3) is 4.49. The highest BCUT2D eigenvalue weighted by atomic mass is 35.5. The zero-order chi connectivity index (χ0) is 14.5. The normalized spacial score (nSPS) is 13.5. The van der Waals surface area contributed by atoms with Crippen molar-refractivity contribution in [3.63, 3.8) is 0 Å². The number of nitrogens with zero attached hydrogens (tertiary/aromatic N) is 1. The van der Waals surface area contributed by atoms with Crippen LogP contribution in [-0.2, 0) is 16.1 Å². The van der Waals surface area contributed by atoms with E-state index in [0.29, 0.717) is 25.4 Å². The number of ether oxygens (including phenoxy) is 3. The molecule has 2 N–H and O–H groups in total. The number of rotatable bonds is 6. The Kier molecular flexibility index (Phi) is 6.74. The molecular weight excluding hydrogens is 296 g/mol. The van der Waals surface area contributed by atoms with Gasteiger partial charge in [-0.25, -0.2) is 0 Å². The first kappa shape index (κ1) is 17.6. The van der Waals surface area contributed by atoms with Gasteiger partial charge in [-0.05, 0) is 24.6 Å². The standard InChI is InChI=1S/C14H20N2O4.ClH/c1-10(15)14(17)16(5-6-18-2)8-11-3-4-12-13(7-11)20-9-19-12;/h3-4,7,10H,5-6,8-9,15H2,1-2H3;1H/t10-;/m0./s1. The highest BCUT2D eigenvalue weighted by Crippen LogP contribution is 2.32. The molecule has 1 aliphatic rings. The van der Waals surface area contributed by atoms with Gasteiger partial charge in [-0.15, -0.1) is 12.4 Å². The number of halogens is 1. The van der Waals surface area contributed by atoms with E-state index in [0.717, 1.165) is 11.3 Å². The van der Waals surface area contributed by atoms with Crippen LogP contribution in [0.15, 0.2) is 18.2 Å². The van der Waals surface area contributed by atoms with Crippen LogP contribution in [0, 0.1) is 0 Å². The van der Waals surface area contributed by atoms with Crippen LogP contribution in [-0.4, -0.2) is 43.9 Å².